The first-order valence-corrected chi connectivity index (χ1v) is 7.21. The predicted octanol–water partition coefficient (Wildman–Crippen LogP) is 2.22. The summed E-state index contributed by atoms with van der Waals surface area (Å²) in [5.41, 5.74) is 7.39. The summed E-state index contributed by atoms with van der Waals surface area (Å²) in [6.07, 6.45) is 2.38. The zero-order valence-electron chi connectivity index (χ0n) is 12.1. The van der Waals surface area contributed by atoms with Crippen molar-refractivity contribution < 1.29 is 4.79 Å². The lowest BCUT2D eigenvalue weighted by Gasteiger charge is -2.17. The molecule has 2 rings (SSSR count). The Bertz CT molecular complexity index is 520. The standard InChI is InChI=1S/C17H22N2O/c1-12(15-9-10-15)17(20)19-13(2)16-7-5-14(6-8-16)4-3-11-18/h5-8,12-13,15H,9-11,18H2,1-2H3,(H,19,20). The summed E-state index contributed by atoms with van der Waals surface area (Å²) in [6.45, 7) is 4.40. The van der Waals surface area contributed by atoms with Gasteiger partial charge in [0.05, 0.1) is 12.6 Å². The van der Waals surface area contributed by atoms with E-state index < -0.39 is 0 Å². The third kappa shape index (κ3) is 3.85. The van der Waals surface area contributed by atoms with Gasteiger partial charge in [0.25, 0.3) is 0 Å². The molecule has 1 fully saturated rings. The maximum atomic E-state index is 12.1. The Morgan fingerprint density at radius 3 is 2.55 bits per heavy atom. The van der Waals surface area contributed by atoms with Crippen molar-refractivity contribution in [3.63, 3.8) is 0 Å². The van der Waals surface area contributed by atoms with Crippen molar-refractivity contribution in [1.29, 1.82) is 0 Å². The highest BCUT2D eigenvalue weighted by molar-refractivity contribution is 5.79. The number of nitrogens with one attached hydrogen (secondary N) is 1. The molecule has 1 aliphatic carbocycles. The number of carbonyl (C=O) groups is 1. The van der Waals surface area contributed by atoms with Crippen molar-refractivity contribution in [2.24, 2.45) is 17.6 Å². The van der Waals surface area contributed by atoms with E-state index in [2.05, 4.69) is 17.2 Å². The predicted molar refractivity (Wildman–Crippen MR) is 80.8 cm³/mol. The smallest absolute Gasteiger partial charge is 0.223 e. The fraction of sp³-hybridized carbons (Fsp3) is 0.471. The topological polar surface area (TPSA) is 55.1 Å². The van der Waals surface area contributed by atoms with Crippen LogP contribution in [0.25, 0.3) is 0 Å². The normalized spacial score (nSPS) is 16.8. The van der Waals surface area contributed by atoms with Crippen LogP contribution in [0.15, 0.2) is 24.3 Å². The number of hydrogen-bond donors (Lipinski definition) is 2. The Labute approximate surface area is 120 Å². The van der Waals surface area contributed by atoms with E-state index in [1.165, 1.54) is 12.8 Å². The van der Waals surface area contributed by atoms with Gasteiger partial charge in [0.1, 0.15) is 0 Å². The van der Waals surface area contributed by atoms with Gasteiger partial charge in [-0.25, -0.2) is 0 Å². The summed E-state index contributed by atoms with van der Waals surface area (Å²) in [4.78, 5) is 12.1. The molecule has 0 aliphatic heterocycles. The SMILES string of the molecule is CC(NC(=O)C(C)C1CC1)c1ccc(C#CCN)cc1. The molecule has 106 valence electrons. The first-order chi connectivity index (χ1) is 9.61. The Morgan fingerprint density at radius 1 is 1.35 bits per heavy atom. The molecule has 2 atom stereocenters. The summed E-state index contributed by atoms with van der Waals surface area (Å²) in [7, 11) is 0. The van der Waals surface area contributed by atoms with E-state index in [-0.39, 0.29) is 17.9 Å². The maximum Gasteiger partial charge on any atom is 0.223 e. The molecule has 0 aromatic heterocycles. The van der Waals surface area contributed by atoms with Crippen LogP contribution in [-0.4, -0.2) is 12.5 Å². The van der Waals surface area contributed by atoms with Crippen molar-refractivity contribution in [3.05, 3.63) is 35.4 Å². The molecule has 20 heavy (non-hydrogen) atoms. The average Bonchev–Trinajstić information content (AvgIpc) is 3.29. The Hall–Kier alpha value is -1.79. The van der Waals surface area contributed by atoms with E-state index in [0.717, 1.165) is 11.1 Å². The Kier molecular flexibility index (Phi) is 4.81. The third-order valence-corrected chi connectivity index (χ3v) is 3.85. The van der Waals surface area contributed by atoms with Crippen molar-refractivity contribution >= 4 is 5.91 Å². The number of carbonyl (C=O) groups excluding carboxylic acids is 1. The second kappa shape index (κ2) is 6.58. The summed E-state index contributed by atoms with van der Waals surface area (Å²) < 4.78 is 0. The maximum absolute atomic E-state index is 12.1. The summed E-state index contributed by atoms with van der Waals surface area (Å²) in [5, 5.41) is 3.08. The molecule has 1 aromatic carbocycles. The minimum atomic E-state index is 0.0280. The van der Waals surface area contributed by atoms with Gasteiger partial charge in [0.2, 0.25) is 5.91 Å². The van der Waals surface area contributed by atoms with E-state index >= 15 is 0 Å². The highest BCUT2D eigenvalue weighted by Gasteiger charge is 2.32. The van der Waals surface area contributed by atoms with Gasteiger partial charge in [-0.05, 0) is 43.4 Å². The molecule has 0 bridgehead atoms. The molecular weight excluding hydrogens is 248 g/mol. The molecule has 1 aromatic rings. The monoisotopic (exact) mass is 270 g/mol. The van der Waals surface area contributed by atoms with Gasteiger partial charge in [0, 0.05) is 11.5 Å². The lowest BCUT2D eigenvalue weighted by molar-refractivity contribution is -0.125. The largest absolute Gasteiger partial charge is 0.349 e. The fourth-order valence-corrected chi connectivity index (χ4v) is 2.25. The number of hydrogen-bond acceptors (Lipinski definition) is 2. The Balaban J connectivity index is 1.94. The number of benzene rings is 1. The molecule has 0 saturated heterocycles. The highest BCUT2D eigenvalue weighted by Crippen LogP contribution is 2.36. The summed E-state index contributed by atoms with van der Waals surface area (Å²) in [6, 6.07) is 7.97. The lowest BCUT2D eigenvalue weighted by Crippen LogP contribution is -2.32. The summed E-state index contributed by atoms with van der Waals surface area (Å²) >= 11 is 0. The van der Waals surface area contributed by atoms with Crippen LogP contribution >= 0.6 is 0 Å². The zero-order chi connectivity index (χ0) is 14.5. The van der Waals surface area contributed by atoms with Gasteiger partial charge in [0.15, 0.2) is 0 Å². The lowest BCUT2D eigenvalue weighted by atomic mass is 10.0. The first-order valence-electron chi connectivity index (χ1n) is 7.21. The number of amides is 1. The van der Waals surface area contributed by atoms with Crippen LogP contribution in [-0.2, 0) is 4.79 Å². The van der Waals surface area contributed by atoms with Crippen LogP contribution in [0, 0.1) is 23.7 Å². The van der Waals surface area contributed by atoms with E-state index in [1.807, 2.05) is 38.1 Å². The van der Waals surface area contributed by atoms with Crippen LogP contribution in [0.1, 0.15) is 43.9 Å². The molecular formula is C17H22N2O. The van der Waals surface area contributed by atoms with Crippen LogP contribution in [0.3, 0.4) is 0 Å². The molecule has 1 saturated carbocycles. The second-order valence-electron chi connectivity index (χ2n) is 5.48. The van der Waals surface area contributed by atoms with Gasteiger partial charge in [-0.3, -0.25) is 4.79 Å². The molecule has 1 aliphatic rings. The summed E-state index contributed by atoms with van der Waals surface area (Å²) in [5.74, 6) is 6.70. The minimum Gasteiger partial charge on any atom is -0.349 e. The first kappa shape index (κ1) is 14.6. The number of nitrogens with two attached hydrogens (primary N) is 1. The minimum absolute atomic E-state index is 0.0280. The van der Waals surface area contributed by atoms with Gasteiger partial charge >= 0.3 is 0 Å². The van der Waals surface area contributed by atoms with Crippen LogP contribution in [0.2, 0.25) is 0 Å². The third-order valence-electron chi connectivity index (χ3n) is 3.85. The van der Waals surface area contributed by atoms with E-state index in [4.69, 9.17) is 5.73 Å². The molecule has 0 spiro atoms. The molecule has 2 unspecified atom stereocenters. The zero-order valence-corrected chi connectivity index (χ0v) is 12.1. The molecule has 3 N–H and O–H groups in total. The molecule has 1 amide bonds. The van der Waals surface area contributed by atoms with E-state index in [1.54, 1.807) is 0 Å². The van der Waals surface area contributed by atoms with Crippen LogP contribution in [0.4, 0.5) is 0 Å². The average molecular weight is 270 g/mol. The van der Waals surface area contributed by atoms with Gasteiger partial charge in [-0.15, -0.1) is 0 Å². The van der Waals surface area contributed by atoms with Crippen LogP contribution in [0.5, 0.6) is 0 Å². The molecule has 3 heteroatoms. The van der Waals surface area contributed by atoms with E-state index in [0.29, 0.717) is 12.5 Å². The Morgan fingerprint density at radius 2 is 2.00 bits per heavy atom. The van der Waals surface area contributed by atoms with Crippen molar-refractivity contribution in [3.8, 4) is 11.8 Å². The number of rotatable bonds is 4. The molecule has 0 heterocycles. The fourth-order valence-electron chi connectivity index (χ4n) is 2.25. The molecule has 3 nitrogen and oxygen atoms in total. The highest BCUT2D eigenvalue weighted by atomic mass is 16.1. The van der Waals surface area contributed by atoms with Crippen molar-refractivity contribution in [2.45, 2.75) is 32.7 Å². The second-order valence-corrected chi connectivity index (χ2v) is 5.48. The van der Waals surface area contributed by atoms with Gasteiger partial charge in [-0.2, -0.15) is 0 Å². The van der Waals surface area contributed by atoms with E-state index in [9.17, 15) is 4.79 Å². The van der Waals surface area contributed by atoms with Gasteiger partial charge < -0.3 is 11.1 Å². The quantitative estimate of drug-likeness (QED) is 0.824. The van der Waals surface area contributed by atoms with Crippen molar-refractivity contribution in [2.75, 3.05) is 6.54 Å². The molecule has 0 radical (unpaired) electrons. The van der Waals surface area contributed by atoms with Crippen LogP contribution < -0.4 is 11.1 Å². The van der Waals surface area contributed by atoms with Gasteiger partial charge in [-0.1, -0.05) is 30.9 Å². The van der Waals surface area contributed by atoms with Crippen molar-refractivity contribution in [1.82, 2.24) is 5.32 Å².